The Labute approximate surface area is 203 Å². The van der Waals surface area contributed by atoms with Crippen molar-refractivity contribution in [3.05, 3.63) is 64.7 Å². The van der Waals surface area contributed by atoms with Gasteiger partial charge in [-0.05, 0) is 41.8 Å². The Morgan fingerprint density at radius 1 is 1.18 bits per heavy atom. The van der Waals surface area contributed by atoms with E-state index >= 15 is 0 Å². The van der Waals surface area contributed by atoms with E-state index in [1.54, 1.807) is 50.0 Å². The Kier molecular flexibility index (Phi) is 6.37. The molecular weight excluding hydrogens is 476 g/mol. The number of carbonyl (C=O) groups excluding carboxylic acids is 1. The zero-order valence-electron chi connectivity index (χ0n) is 18.3. The third kappa shape index (κ3) is 4.44. The summed E-state index contributed by atoms with van der Waals surface area (Å²) >= 11 is 2.76. The van der Waals surface area contributed by atoms with Gasteiger partial charge in [-0.25, -0.2) is 5.01 Å². The first-order chi connectivity index (χ1) is 16.7. The molecule has 9 nitrogen and oxygen atoms in total. The molecule has 3 aromatic heterocycles. The fourth-order valence-electron chi connectivity index (χ4n) is 3.58. The van der Waals surface area contributed by atoms with Crippen LogP contribution in [0.3, 0.4) is 0 Å². The Morgan fingerprint density at radius 3 is 2.79 bits per heavy atom. The van der Waals surface area contributed by atoms with Crippen molar-refractivity contribution in [2.24, 2.45) is 5.10 Å². The van der Waals surface area contributed by atoms with Crippen molar-refractivity contribution in [3.63, 3.8) is 0 Å². The summed E-state index contributed by atoms with van der Waals surface area (Å²) in [6.45, 7) is 0. The first kappa shape index (κ1) is 22.2. The summed E-state index contributed by atoms with van der Waals surface area (Å²) in [5.74, 6) is 2.09. The second kappa shape index (κ2) is 9.74. The molecule has 11 heteroatoms. The number of hydrogen-bond donors (Lipinski definition) is 0. The van der Waals surface area contributed by atoms with Crippen molar-refractivity contribution in [1.82, 2.24) is 15.2 Å². The molecule has 0 radical (unpaired) electrons. The summed E-state index contributed by atoms with van der Waals surface area (Å²) in [6.07, 6.45) is 2.19. The van der Waals surface area contributed by atoms with Gasteiger partial charge < -0.3 is 18.3 Å². The smallest absolute Gasteiger partial charge is 0.277 e. The van der Waals surface area contributed by atoms with Crippen molar-refractivity contribution < 1.29 is 23.1 Å². The van der Waals surface area contributed by atoms with E-state index in [0.717, 1.165) is 22.4 Å². The topological polar surface area (TPSA) is 103 Å². The average Bonchev–Trinajstić information content (AvgIpc) is 3.68. The summed E-state index contributed by atoms with van der Waals surface area (Å²) in [5, 5.41) is 16.5. The molecule has 0 fully saturated rings. The van der Waals surface area contributed by atoms with Crippen molar-refractivity contribution in [1.29, 1.82) is 0 Å². The molecule has 4 heterocycles. The standard InChI is InChI=1S/C23H20N4O5S2/c1-29-18-8-7-14(11-19(18)30-2)22-24-25-23(32-22)34-13-21(28)27-16(17-5-3-9-31-17)12-15(26-27)20-6-4-10-33-20/h3-11,16H,12-13H2,1-2H3/t16-/m1/s1. The van der Waals surface area contributed by atoms with Crippen LogP contribution in [0.25, 0.3) is 11.5 Å². The minimum Gasteiger partial charge on any atom is -0.493 e. The second-order valence-electron chi connectivity index (χ2n) is 7.23. The van der Waals surface area contributed by atoms with E-state index < -0.39 is 0 Å². The number of furan rings is 1. The molecule has 174 valence electrons. The minimum absolute atomic E-state index is 0.0893. The van der Waals surface area contributed by atoms with Crippen LogP contribution in [0.2, 0.25) is 0 Å². The van der Waals surface area contributed by atoms with Crippen LogP contribution >= 0.6 is 23.1 Å². The number of thiophene rings is 1. The molecule has 1 amide bonds. The number of nitrogens with zero attached hydrogens (tertiary/aromatic N) is 4. The van der Waals surface area contributed by atoms with Gasteiger partial charge in [-0.2, -0.15) is 5.10 Å². The Morgan fingerprint density at radius 2 is 2.06 bits per heavy atom. The van der Waals surface area contributed by atoms with Crippen LogP contribution in [0, 0.1) is 0 Å². The minimum atomic E-state index is -0.287. The molecule has 5 rings (SSSR count). The third-order valence-corrected chi connectivity index (χ3v) is 6.92. The molecule has 0 unspecified atom stereocenters. The molecular formula is C23H20N4O5S2. The van der Waals surface area contributed by atoms with E-state index in [9.17, 15) is 4.79 Å². The molecule has 1 aliphatic heterocycles. The number of benzene rings is 1. The maximum absolute atomic E-state index is 13.1. The van der Waals surface area contributed by atoms with Gasteiger partial charge in [-0.1, -0.05) is 17.8 Å². The van der Waals surface area contributed by atoms with Crippen LogP contribution < -0.4 is 9.47 Å². The number of hydrogen-bond acceptors (Lipinski definition) is 10. The highest BCUT2D eigenvalue weighted by Gasteiger charge is 2.35. The predicted octanol–water partition coefficient (Wildman–Crippen LogP) is 4.88. The molecule has 4 aromatic rings. The van der Waals surface area contributed by atoms with Crippen LogP contribution in [-0.2, 0) is 4.79 Å². The van der Waals surface area contributed by atoms with Crippen molar-refractivity contribution in [2.75, 3.05) is 20.0 Å². The largest absolute Gasteiger partial charge is 0.493 e. The number of rotatable bonds is 8. The Balaban J connectivity index is 1.29. The summed E-state index contributed by atoms with van der Waals surface area (Å²) in [6, 6.07) is 12.7. The Hall–Kier alpha value is -3.57. The highest BCUT2D eigenvalue weighted by atomic mass is 32.2. The molecule has 34 heavy (non-hydrogen) atoms. The van der Waals surface area contributed by atoms with Crippen molar-refractivity contribution >= 4 is 34.7 Å². The zero-order chi connectivity index (χ0) is 23.5. The summed E-state index contributed by atoms with van der Waals surface area (Å²) < 4.78 is 21.9. The third-order valence-electron chi connectivity index (χ3n) is 5.20. The lowest BCUT2D eigenvalue weighted by molar-refractivity contribution is -0.130. The number of hydrazone groups is 1. The van der Waals surface area contributed by atoms with E-state index in [0.29, 0.717) is 35.1 Å². The summed E-state index contributed by atoms with van der Waals surface area (Å²) in [5.41, 5.74) is 1.55. The van der Waals surface area contributed by atoms with E-state index in [2.05, 4.69) is 15.3 Å². The van der Waals surface area contributed by atoms with Gasteiger partial charge >= 0.3 is 0 Å². The molecule has 0 aliphatic carbocycles. The van der Waals surface area contributed by atoms with Gasteiger partial charge in [0, 0.05) is 12.0 Å². The van der Waals surface area contributed by atoms with Gasteiger partial charge in [0.15, 0.2) is 11.5 Å². The first-order valence-electron chi connectivity index (χ1n) is 10.3. The number of ether oxygens (including phenoxy) is 2. The summed E-state index contributed by atoms with van der Waals surface area (Å²) in [4.78, 5) is 14.1. The predicted molar refractivity (Wildman–Crippen MR) is 127 cm³/mol. The van der Waals surface area contributed by atoms with E-state index in [1.807, 2.05) is 29.6 Å². The van der Waals surface area contributed by atoms with E-state index in [-0.39, 0.29) is 22.9 Å². The monoisotopic (exact) mass is 496 g/mol. The number of methoxy groups -OCH3 is 2. The molecule has 1 aromatic carbocycles. The van der Waals surface area contributed by atoms with Gasteiger partial charge in [0.05, 0.1) is 36.8 Å². The van der Waals surface area contributed by atoms with Crippen LogP contribution in [0.4, 0.5) is 0 Å². The van der Waals surface area contributed by atoms with E-state index in [4.69, 9.17) is 18.3 Å². The SMILES string of the molecule is COc1ccc(-c2nnc(SCC(=O)N3N=C(c4cccs4)C[C@@H]3c3ccco3)o2)cc1OC. The van der Waals surface area contributed by atoms with Crippen molar-refractivity contribution in [3.8, 4) is 23.0 Å². The lowest BCUT2D eigenvalue weighted by Gasteiger charge is -2.19. The summed E-state index contributed by atoms with van der Waals surface area (Å²) in [7, 11) is 3.13. The molecule has 0 spiro atoms. The molecule has 0 N–H and O–H groups in total. The van der Waals surface area contributed by atoms with Gasteiger partial charge in [0.1, 0.15) is 11.8 Å². The molecule has 1 aliphatic rings. The fourth-order valence-corrected chi connectivity index (χ4v) is 4.91. The molecule has 0 saturated carbocycles. The van der Waals surface area contributed by atoms with Crippen LogP contribution in [0.15, 0.2) is 73.3 Å². The molecule has 0 saturated heterocycles. The quantitative estimate of drug-likeness (QED) is 0.318. The zero-order valence-corrected chi connectivity index (χ0v) is 20.0. The highest BCUT2D eigenvalue weighted by molar-refractivity contribution is 7.99. The van der Waals surface area contributed by atoms with Gasteiger partial charge in [-0.15, -0.1) is 21.5 Å². The number of aromatic nitrogens is 2. The van der Waals surface area contributed by atoms with Crippen LogP contribution in [-0.4, -0.2) is 46.8 Å². The normalized spacial score (nSPS) is 15.4. The maximum Gasteiger partial charge on any atom is 0.277 e. The van der Waals surface area contributed by atoms with Crippen LogP contribution in [0.5, 0.6) is 11.5 Å². The average molecular weight is 497 g/mol. The first-order valence-corrected chi connectivity index (χ1v) is 12.2. The van der Waals surface area contributed by atoms with Gasteiger partial charge in [-0.3, -0.25) is 4.79 Å². The Bertz CT molecular complexity index is 1300. The maximum atomic E-state index is 13.1. The van der Waals surface area contributed by atoms with Gasteiger partial charge in [0.25, 0.3) is 11.1 Å². The number of amides is 1. The van der Waals surface area contributed by atoms with Crippen molar-refractivity contribution in [2.45, 2.75) is 17.7 Å². The molecule has 0 bridgehead atoms. The highest BCUT2D eigenvalue weighted by Crippen LogP contribution is 2.36. The van der Waals surface area contributed by atoms with E-state index in [1.165, 1.54) is 5.01 Å². The molecule has 1 atom stereocenters. The lowest BCUT2D eigenvalue weighted by Crippen LogP contribution is -2.28. The number of thioether (sulfide) groups is 1. The van der Waals surface area contributed by atoms with Crippen LogP contribution in [0.1, 0.15) is 23.1 Å². The fraction of sp³-hybridized carbons (Fsp3) is 0.217. The number of carbonyl (C=O) groups is 1. The second-order valence-corrected chi connectivity index (χ2v) is 9.10. The van der Waals surface area contributed by atoms with Gasteiger partial charge in [0.2, 0.25) is 5.89 Å². The lowest BCUT2D eigenvalue weighted by atomic mass is 10.1.